The molecule has 39 heavy (non-hydrogen) atoms. The molecule has 208 valence electrons. The summed E-state index contributed by atoms with van der Waals surface area (Å²) < 4.78 is 28.8. The number of nitrogens with one attached hydrogen (secondary N) is 1. The van der Waals surface area contributed by atoms with Gasteiger partial charge in [-0.2, -0.15) is 0 Å². The van der Waals surface area contributed by atoms with E-state index in [0.717, 1.165) is 17.1 Å². The maximum absolute atomic E-state index is 13.9. The molecule has 3 aromatic carbocycles. The van der Waals surface area contributed by atoms with Crippen LogP contribution in [-0.4, -0.2) is 44.3 Å². The number of halogens is 2. The van der Waals surface area contributed by atoms with Crippen LogP contribution in [0.25, 0.3) is 0 Å². The fourth-order valence-corrected chi connectivity index (χ4v) is 5.93. The highest BCUT2D eigenvalue weighted by Gasteiger charge is 2.33. The van der Waals surface area contributed by atoms with E-state index in [9.17, 15) is 18.0 Å². The molecule has 0 aliphatic heterocycles. The first-order chi connectivity index (χ1) is 18.6. The normalized spacial score (nSPS) is 12.0. The zero-order chi connectivity index (χ0) is 28.6. The van der Waals surface area contributed by atoms with Crippen molar-refractivity contribution in [1.29, 1.82) is 0 Å². The predicted molar refractivity (Wildman–Crippen MR) is 157 cm³/mol. The molecule has 2 amide bonds. The molecule has 0 bridgehead atoms. The highest BCUT2D eigenvalue weighted by molar-refractivity contribution is 7.92. The third-order valence-electron chi connectivity index (χ3n) is 6.36. The lowest BCUT2D eigenvalue weighted by atomic mass is 10.1. The highest BCUT2D eigenvalue weighted by atomic mass is 35.5. The first kappa shape index (κ1) is 30.5. The lowest BCUT2D eigenvalue weighted by Crippen LogP contribution is -2.51. The fraction of sp³-hybridized carbons (Fsp3) is 0.310. The molecule has 1 atom stereocenters. The molecule has 0 saturated carbocycles. The van der Waals surface area contributed by atoms with Crippen LogP contribution in [0.2, 0.25) is 10.0 Å². The molecule has 10 heteroatoms. The summed E-state index contributed by atoms with van der Waals surface area (Å²) in [6, 6.07) is 18.9. The summed E-state index contributed by atoms with van der Waals surface area (Å²) in [5, 5.41) is 3.72. The Balaban J connectivity index is 2.03. The van der Waals surface area contributed by atoms with Crippen LogP contribution in [0.5, 0.6) is 0 Å². The zero-order valence-electron chi connectivity index (χ0n) is 22.2. The average Bonchev–Trinajstić information content (AvgIpc) is 2.92. The van der Waals surface area contributed by atoms with Gasteiger partial charge in [-0.3, -0.25) is 13.9 Å². The molecular weight excluding hydrogens is 557 g/mol. The number of unbranched alkanes of at least 4 members (excludes halogenated alkanes) is 1. The van der Waals surface area contributed by atoms with Crippen molar-refractivity contribution in [1.82, 2.24) is 10.2 Å². The maximum Gasteiger partial charge on any atom is 0.264 e. The van der Waals surface area contributed by atoms with Gasteiger partial charge in [0.2, 0.25) is 11.8 Å². The maximum atomic E-state index is 13.9. The van der Waals surface area contributed by atoms with Crippen molar-refractivity contribution in [3.63, 3.8) is 0 Å². The molecule has 3 rings (SSSR count). The Kier molecular flexibility index (Phi) is 10.8. The first-order valence-corrected chi connectivity index (χ1v) is 14.9. The van der Waals surface area contributed by atoms with Gasteiger partial charge in [0, 0.05) is 23.1 Å². The Bertz CT molecular complexity index is 1400. The minimum Gasteiger partial charge on any atom is -0.354 e. The molecule has 0 unspecified atom stereocenters. The minimum absolute atomic E-state index is 0.0314. The second kappa shape index (κ2) is 13.8. The molecule has 0 aliphatic carbocycles. The average molecular weight is 591 g/mol. The highest BCUT2D eigenvalue weighted by Crippen LogP contribution is 2.31. The van der Waals surface area contributed by atoms with Gasteiger partial charge >= 0.3 is 0 Å². The molecule has 0 heterocycles. The van der Waals surface area contributed by atoms with Gasteiger partial charge in [-0.05, 0) is 67.8 Å². The van der Waals surface area contributed by atoms with E-state index >= 15 is 0 Å². The predicted octanol–water partition coefficient (Wildman–Crippen LogP) is 5.83. The van der Waals surface area contributed by atoms with Crippen molar-refractivity contribution < 1.29 is 18.0 Å². The molecular formula is C29H33Cl2N3O4S. The summed E-state index contributed by atoms with van der Waals surface area (Å²) in [7, 11) is -4.16. The van der Waals surface area contributed by atoms with E-state index in [-0.39, 0.29) is 23.0 Å². The van der Waals surface area contributed by atoms with Crippen LogP contribution in [0.3, 0.4) is 0 Å². The van der Waals surface area contributed by atoms with Gasteiger partial charge in [-0.15, -0.1) is 0 Å². The molecule has 0 aliphatic rings. The van der Waals surface area contributed by atoms with E-state index in [0.29, 0.717) is 27.7 Å². The van der Waals surface area contributed by atoms with Crippen molar-refractivity contribution in [3.8, 4) is 0 Å². The van der Waals surface area contributed by atoms with E-state index in [1.54, 1.807) is 74.5 Å². The molecule has 0 radical (unpaired) electrons. The van der Waals surface area contributed by atoms with Gasteiger partial charge in [-0.1, -0.05) is 72.9 Å². The summed E-state index contributed by atoms with van der Waals surface area (Å²) in [6.45, 7) is 5.36. The number of carbonyl (C=O) groups is 2. The van der Waals surface area contributed by atoms with Crippen molar-refractivity contribution in [2.75, 3.05) is 17.4 Å². The largest absolute Gasteiger partial charge is 0.354 e. The van der Waals surface area contributed by atoms with Crippen LogP contribution in [-0.2, 0) is 26.2 Å². The van der Waals surface area contributed by atoms with Crippen LogP contribution < -0.4 is 9.62 Å². The Morgan fingerprint density at radius 1 is 0.974 bits per heavy atom. The molecule has 7 nitrogen and oxygen atoms in total. The third-order valence-corrected chi connectivity index (χ3v) is 8.78. The molecule has 1 N–H and O–H groups in total. The van der Waals surface area contributed by atoms with E-state index in [1.165, 1.54) is 17.0 Å². The lowest BCUT2D eigenvalue weighted by molar-refractivity contribution is -0.139. The number of sulfonamides is 1. The van der Waals surface area contributed by atoms with Gasteiger partial charge in [0.05, 0.1) is 10.6 Å². The fourth-order valence-electron chi connectivity index (χ4n) is 4.05. The number of benzene rings is 3. The Hall–Kier alpha value is -3.07. The topological polar surface area (TPSA) is 86.8 Å². The standard InChI is InChI=1S/C29H33Cl2N3O4S/c1-4-5-17-32-29(36)22(3)33(19-23-11-9-12-24(30)18-23)28(35)20-34(27-16-10-15-26(31)21(27)2)39(37,38)25-13-7-6-8-14-25/h6-16,18,22H,4-5,17,19-20H2,1-3H3,(H,32,36)/t22-/m0/s1. The number of amides is 2. The number of anilines is 1. The SMILES string of the molecule is CCCCNC(=O)[C@H](C)N(Cc1cccc(Cl)c1)C(=O)CN(c1cccc(Cl)c1C)S(=O)(=O)c1ccccc1. The third kappa shape index (κ3) is 7.75. The smallest absolute Gasteiger partial charge is 0.264 e. The second-order valence-corrected chi connectivity index (χ2v) is 11.9. The summed E-state index contributed by atoms with van der Waals surface area (Å²) in [4.78, 5) is 28.4. The Morgan fingerprint density at radius 2 is 1.67 bits per heavy atom. The van der Waals surface area contributed by atoms with Crippen molar-refractivity contribution in [2.24, 2.45) is 0 Å². The van der Waals surface area contributed by atoms with Crippen molar-refractivity contribution in [2.45, 2.75) is 51.1 Å². The van der Waals surface area contributed by atoms with Crippen LogP contribution in [0, 0.1) is 6.92 Å². The van der Waals surface area contributed by atoms with Gasteiger partial charge in [-0.25, -0.2) is 8.42 Å². The number of carbonyl (C=O) groups excluding carboxylic acids is 2. The van der Waals surface area contributed by atoms with E-state index in [2.05, 4.69) is 5.32 Å². The summed E-state index contributed by atoms with van der Waals surface area (Å²) in [5.41, 5.74) is 1.50. The van der Waals surface area contributed by atoms with Crippen LogP contribution >= 0.6 is 23.2 Å². The summed E-state index contributed by atoms with van der Waals surface area (Å²) in [5.74, 6) is -0.873. The number of nitrogens with zero attached hydrogens (tertiary/aromatic N) is 2. The number of hydrogen-bond donors (Lipinski definition) is 1. The van der Waals surface area contributed by atoms with Crippen molar-refractivity contribution in [3.05, 3.63) is 94.0 Å². The van der Waals surface area contributed by atoms with Crippen LogP contribution in [0.4, 0.5) is 5.69 Å². The molecule has 0 fully saturated rings. The monoisotopic (exact) mass is 589 g/mol. The quantitative estimate of drug-likeness (QED) is 0.269. The number of hydrogen-bond acceptors (Lipinski definition) is 4. The van der Waals surface area contributed by atoms with Gasteiger partial charge < -0.3 is 10.2 Å². The summed E-state index contributed by atoms with van der Waals surface area (Å²) in [6.07, 6.45) is 1.71. The summed E-state index contributed by atoms with van der Waals surface area (Å²) >= 11 is 12.5. The first-order valence-electron chi connectivity index (χ1n) is 12.7. The minimum atomic E-state index is -4.16. The lowest BCUT2D eigenvalue weighted by Gasteiger charge is -2.32. The van der Waals surface area contributed by atoms with Gasteiger partial charge in [0.25, 0.3) is 10.0 Å². The Labute approximate surface area is 240 Å². The van der Waals surface area contributed by atoms with Gasteiger partial charge in [0.15, 0.2) is 0 Å². The second-order valence-electron chi connectivity index (χ2n) is 9.18. The zero-order valence-corrected chi connectivity index (χ0v) is 24.6. The van der Waals surface area contributed by atoms with Crippen molar-refractivity contribution >= 4 is 50.7 Å². The van der Waals surface area contributed by atoms with Gasteiger partial charge in [0.1, 0.15) is 12.6 Å². The van der Waals surface area contributed by atoms with Crippen LogP contribution in [0.1, 0.15) is 37.8 Å². The molecule has 0 aromatic heterocycles. The molecule has 0 saturated heterocycles. The Morgan fingerprint density at radius 3 is 2.33 bits per heavy atom. The molecule has 0 spiro atoms. The van der Waals surface area contributed by atoms with E-state index in [1.807, 2.05) is 6.92 Å². The molecule has 3 aromatic rings. The van der Waals surface area contributed by atoms with E-state index < -0.39 is 28.5 Å². The number of rotatable bonds is 12. The van der Waals surface area contributed by atoms with Crippen LogP contribution in [0.15, 0.2) is 77.7 Å². The van der Waals surface area contributed by atoms with E-state index in [4.69, 9.17) is 23.2 Å².